The van der Waals surface area contributed by atoms with E-state index < -0.39 is 0 Å². The summed E-state index contributed by atoms with van der Waals surface area (Å²) in [6, 6.07) is 7.65. The molecule has 1 aliphatic carbocycles. The van der Waals surface area contributed by atoms with Gasteiger partial charge in [-0.05, 0) is 48.6 Å². The molecule has 1 aromatic carbocycles. The molecule has 1 amide bonds. The molecule has 0 fully saturated rings. The van der Waals surface area contributed by atoms with Crippen molar-refractivity contribution in [3.63, 3.8) is 0 Å². The van der Waals surface area contributed by atoms with Crippen molar-refractivity contribution in [1.29, 1.82) is 0 Å². The van der Waals surface area contributed by atoms with Gasteiger partial charge in [-0.1, -0.05) is 29.3 Å². The molecular formula is C16H15Cl2N3O. The third kappa shape index (κ3) is 3.24. The molecule has 0 aliphatic heterocycles. The zero-order chi connectivity index (χ0) is 15.7. The SMILES string of the molecule is NC1CCc2cc(NC(=O)c3cnc(Cl)c(Cl)c3)ccc2C1. The summed E-state index contributed by atoms with van der Waals surface area (Å²) in [4.78, 5) is 16.1. The molecule has 0 saturated carbocycles. The molecule has 3 rings (SSSR count). The van der Waals surface area contributed by atoms with Gasteiger partial charge in [-0.3, -0.25) is 4.79 Å². The van der Waals surface area contributed by atoms with Gasteiger partial charge in [0, 0.05) is 17.9 Å². The lowest BCUT2D eigenvalue weighted by Crippen LogP contribution is -2.27. The van der Waals surface area contributed by atoms with Crippen LogP contribution >= 0.6 is 23.2 Å². The van der Waals surface area contributed by atoms with Gasteiger partial charge in [0.15, 0.2) is 0 Å². The number of nitrogens with two attached hydrogens (primary N) is 1. The van der Waals surface area contributed by atoms with E-state index in [1.54, 1.807) is 0 Å². The van der Waals surface area contributed by atoms with Crippen LogP contribution in [0.15, 0.2) is 30.5 Å². The number of carbonyl (C=O) groups is 1. The van der Waals surface area contributed by atoms with Gasteiger partial charge < -0.3 is 11.1 Å². The van der Waals surface area contributed by atoms with Gasteiger partial charge in [0.05, 0.1) is 10.6 Å². The molecular weight excluding hydrogens is 321 g/mol. The van der Waals surface area contributed by atoms with E-state index in [1.165, 1.54) is 23.4 Å². The maximum atomic E-state index is 12.2. The standard InChI is InChI=1S/C16H15Cl2N3O/c17-14-7-11(8-20-15(14)18)16(22)21-13-4-2-9-5-12(19)3-1-10(9)6-13/h2,4,6-8,12H,1,3,5,19H2,(H,21,22). The number of fused-ring (bicyclic) bond motifs is 1. The molecule has 3 N–H and O–H groups in total. The second kappa shape index (κ2) is 6.24. The molecule has 114 valence electrons. The third-order valence-corrected chi connectivity index (χ3v) is 4.48. The highest BCUT2D eigenvalue weighted by molar-refractivity contribution is 6.41. The number of hydrogen-bond donors (Lipinski definition) is 2. The van der Waals surface area contributed by atoms with Gasteiger partial charge >= 0.3 is 0 Å². The number of anilines is 1. The van der Waals surface area contributed by atoms with Crippen LogP contribution in [0.2, 0.25) is 10.2 Å². The minimum atomic E-state index is -0.265. The zero-order valence-electron chi connectivity index (χ0n) is 11.8. The summed E-state index contributed by atoms with van der Waals surface area (Å²) in [5.74, 6) is -0.265. The van der Waals surface area contributed by atoms with Crippen LogP contribution in [0.1, 0.15) is 27.9 Å². The second-order valence-corrected chi connectivity index (χ2v) is 6.20. The maximum absolute atomic E-state index is 12.2. The number of hydrogen-bond acceptors (Lipinski definition) is 3. The third-order valence-electron chi connectivity index (χ3n) is 3.79. The number of aromatic nitrogens is 1. The summed E-state index contributed by atoms with van der Waals surface area (Å²) in [6.45, 7) is 0. The lowest BCUT2D eigenvalue weighted by atomic mass is 9.88. The van der Waals surface area contributed by atoms with Crippen LogP contribution in [-0.4, -0.2) is 16.9 Å². The zero-order valence-corrected chi connectivity index (χ0v) is 13.3. The van der Waals surface area contributed by atoms with Gasteiger partial charge in [-0.15, -0.1) is 0 Å². The minimum Gasteiger partial charge on any atom is -0.327 e. The largest absolute Gasteiger partial charge is 0.327 e. The molecule has 1 unspecified atom stereocenters. The Hall–Kier alpha value is -1.62. The Kier molecular flexibility index (Phi) is 4.34. The van der Waals surface area contributed by atoms with Gasteiger partial charge in [-0.2, -0.15) is 0 Å². The van der Waals surface area contributed by atoms with Gasteiger partial charge in [0.25, 0.3) is 5.91 Å². The van der Waals surface area contributed by atoms with E-state index in [9.17, 15) is 4.79 Å². The average molecular weight is 336 g/mol. The molecule has 1 aromatic heterocycles. The molecule has 0 saturated heterocycles. The van der Waals surface area contributed by atoms with E-state index in [2.05, 4.69) is 10.3 Å². The highest BCUT2D eigenvalue weighted by atomic mass is 35.5. The van der Waals surface area contributed by atoms with E-state index in [4.69, 9.17) is 28.9 Å². The fraction of sp³-hybridized carbons (Fsp3) is 0.250. The summed E-state index contributed by atoms with van der Waals surface area (Å²) in [7, 11) is 0. The van der Waals surface area contributed by atoms with Crippen molar-refractivity contribution in [2.75, 3.05) is 5.32 Å². The first-order chi connectivity index (χ1) is 10.5. The topological polar surface area (TPSA) is 68.0 Å². The minimum absolute atomic E-state index is 0.184. The molecule has 0 bridgehead atoms. The van der Waals surface area contributed by atoms with Crippen molar-refractivity contribution in [2.45, 2.75) is 25.3 Å². The molecule has 2 aromatic rings. The normalized spacial score (nSPS) is 17.0. The van der Waals surface area contributed by atoms with E-state index in [0.717, 1.165) is 24.9 Å². The van der Waals surface area contributed by atoms with Crippen LogP contribution in [0.4, 0.5) is 5.69 Å². The maximum Gasteiger partial charge on any atom is 0.257 e. The summed E-state index contributed by atoms with van der Waals surface area (Å²) in [5, 5.41) is 3.30. The second-order valence-electron chi connectivity index (χ2n) is 5.44. The summed E-state index contributed by atoms with van der Waals surface area (Å²) in [5.41, 5.74) is 9.59. The first-order valence-electron chi connectivity index (χ1n) is 7.02. The Balaban J connectivity index is 1.78. The molecule has 22 heavy (non-hydrogen) atoms. The number of pyridine rings is 1. The van der Waals surface area contributed by atoms with Crippen LogP contribution in [0.5, 0.6) is 0 Å². The van der Waals surface area contributed by atoms with Crippen molar-refractivity contribution < 1.29 is 4.79 Å². The fourth-order valence-corrected chi connectivity index (χ4v) is 2.88. The Morgan fingerprint density at radius 3 is 2.86 bits per heavy atom. The highest BCUT2D eigenvalue weighted by Gasteiger charge is 2.16. The number of carbonyl (C=O) groups excluding carboxylic acids is 1. The molecule has 4 nitrogen and oxygen atoms in total. The van der Waals surface area contributed by atoms with E-state index in [0.29, 0.717) is 5.56 Å². The van der Waals surface area contributed by atoms with Crippen LogP contribution in [0, 0.1) is 0 Å². The number of halogens is 2. The summed E-state index contributed by atoms with van der Waals surface area (Å²) in [6.07, 6.45) is 4.21. The fourth-order valence-electron chi connectivity index (χ4n) is 2.61. The lowest BCUT2D eigenvalue weighted by molar-refractivity contribution is 0.102. The Morgan fingerprint density at radius 1 is 1.27 bits per heavy atom. The molecule has 1 atom stereocenters. The van der Waals surface area contributed by atoms with Crippen molar-refractivity contribution in [3.8, 4) is 0 Å². The van der Waals surface area contributed by atoms with Gasteiger partial charge in [0.1, 0.15) is 5.15 Å². The number of nitrogens with one attached hydrogen (secondary N) is 1. The number of aryl methyl sites for hydroxylation is 1. The smallest absolute Gasteiger partial charge is 0.257 e. The Labute approximate surface area is 138 Å². The van der Waals surface area contributed by atoms with E-state index >= 15 is 0 Å². The number of nitrogens with zero attached hydrogens (tertiary/aromatic N) is 1. The van der Waals surface area contributed by atoms with Crippen LogP contribution in [-0.2, 0) is 12.8 Å². The Morgan fingerprint density at radius 2 is 2.09 bits per heavy atom. The molecule has 1 aliphatic rings. The van der Waals surface area contributed by atoms with E-state index in [1.807, 2.05) is 18.2 Å². The molecule has 6 heteroatoms. The summed E-state index contributed by atoms with van der Waals surface area (Å²) < 4.78 is 0. The summed E-state index contributed by atoms with van der Waals surface area (Å²) >= 11 is 11.6. The molecule has 0 radical (unpaired) electrons. The average Bonchev–Trinajstić information content (AvgIpc) is 2.50. The number of rotatable bonds is 2. The Bertz CT molecular complexity index is 733. The van der Waals surface area contributed by atoms with Gasteiger partial charge in [0.2, 0.25) is 0 Å². The predicted molar refractivity (Wildman–Crippen MR) is 88.7 cm³/mol. The van der Waals surface area contributed by atoms with Crippen molar-refractivity contribution >= 4 is 34.8 Å². The molecule has 0 spiro atoms. The number of amides is 1. The van der Waals surface area contributed by atoms with Crippen LogP contribution < -0.4 is 11.1 Å². The monoisotopic (exact) mass is 335 g/mol. The van der Waals surface area contributed by atoms with Crippen molar-refractivity contribution in [1.82, 2.24) is 4.98 Å². The first-order valence-corrected chi connectivity index (χ1v) is 7.78. The van der Waals surface area contributed by atoms with Crippen LogP contribution in [0.25, 0.3) is 0 Å². The first kappa shape index (κ1) is 15.3. The van der Waals surface area contributed by atoms with Crippen LogP contribution in [0.3, 0.4) is 0 Å². The van der Waals surface area contributed by atoms with Crippen molar-refractivity contribution in [3.05, 3.63) is 57.3 Å². The highest BCUT2D eigenvalue weighted by Crippen LogP contribution is 2.25. The number of benzene rings is 1. The van der Waals surface area contributed by atoms with Crippen molar-refractivity contribution in [2.24, 2.45) is 5.73 Å². The molecule has 1 heterocycles. The van der Waals surface area contributed by atoms with E-state index in [-0.39, 0.29) is 22.1 Å². The predicted octanol–water partition coefficient (Wildman–Crippen LogP) is 3.46. The lowest BCUT2D eigenvalue weighted by Gasteiger charge is -2.22. The van der Waals surface area contributed by atoms with Gasteiger partial charge in [-0.25, -0.2) is 4.98 Å². The quantitative estimate of drug-likeness (QED) is 0.826.